The van der Waals surface area contributed by atoms with E-state index in [1.54, 1.807) is 6.08 Å². The van der Waals surface area contributed by atoms with Crippen LogP contribution < -0.4 is 0 Å². The summed E-state index contributed by atoms with van der Waals surface area (Å²) in [6.07, 6.45) is 6.22. The predicted molar refractivity (Wildman–Crippen MR) is 59.3 cm³/mol. The molecule has 0 fully saturated rings. The third kappa shape index (κ3) is 1.14. The van der Waals surface area contributed by atoms with E-state index in [-0.39, 0.29) is 5.54 Å². The molecule has 1 N–H and O–H groups in total. The van der Waals surface area contributed by atoms with Crippen LogP contribution in [-0.2, 0) is 0 Å². The Labute approximate surface area is 88.3 Å². The molecule has 1 aliphatic carbocycles. The summed E-state index contributed by atoms with van der Waals surface area (Å²) in [5.41, 5.74) is 0.814. The van der Waals surface area contributed by atoms with Crippen molar-refractivity contribution in [1.82, 2.24) is 4.90 Å². The maximum atomic E-state index is 9.54. The number of aliphatic hydroxyl groups is 1. The molecule has 78 valence electrons. The monoisotopic (exact) mass is 203 g/mol. The lowest BCUT2D eigenvalue weighted by molar-refractivity contribution is 0.411. The van der Waals surface area contributed by atoms with Gasteiger partial charge in [-0.1, -0.05) is 0 Å². The molecule has 0 aromatic rings. The molecule has 1 atom stereocenters. The lowest BCUT2D eigenvalue weighted by atomic mass is 9.83. The topological polar surface area (TPSA) is 48.2 Å². The van der Waals surface area contributed by atoms with Crippen molar-refractivity contribution in [3.8, 4) is 0 Å². The Kier molecular flexibility index (Phi) is 1.58. The first-order valence-corrected chi connectivity index (χ1v) is 5.17. The van der Waals surface area contributed by atoms with Crippen molar-refractivity contribution < 1.29 is 5.11 Å². The molecule has 0 spiro atoms. The molecule has 0 amide bonds. The van der Waals surface area contributed by atoms with E-state index in [4.69, 9.17) is 0 Å². The van der Waals surface area contributed by atoms with Gasteiger partial charge in [-0.3, -0.25) is 9.98 Å². The number of allylic oxidation sites excluding steroid dienone is 1. The number of nitrogens with zero attached hydrogens (tertiary/aromatic N) is 3. The second-order valence-electron chi connectivity index (χ2n) is 4.31. The summed E-state index contributed by atoms with van der Waals surface area (Å²) in [5.74, 6) is 1.31. The highest BCUT2D eigenvalue weighted by Gasteiger charge is 2.39. The Balaban J connectivity index is 2.14. The minimum atomic E-state index is -0.230. The van der Waals surface area contributed by atoms with Gasteiger partial charge in [0.1, 0.15) is 11.6 Å². The zero-order valence-electron chi connectivity index (χ0n) is 8.64. The minimum absolute atomic E-state index is 0.230. The Morgan fingerprint density at radius 3 is 3.27 bits per heavy atom. The van der Waals surface area contributed by atoms with Gasteiger partial charge in [-0.25, -0.2) is 0 Å². The standard InChI is InChI=1S/C11H13N3O/c1-11-3-2-8(15)6-9(11)10-12-4-5-14(10)7-13-11/h2,6-7,15H,3-5H2,1H3. The maximum Gasteiger partial charge on any atom is 0.134 e. The van der Waals surface area contributed by atoms with Gasteiger partial charge in [0.2, 0.25) is 0 Å². The number of rotatable bonds is 0. The van der Waals surface area contributed by atoms with Crippen LogP contribution in [-0.4, -0.2) is 40.8 Å². The molecule has 2 aliphatic heterocycles. The fourth-order valence-electron chi connectivity index (χ4n) is 2.21. The molecule has 1 unspecified atom stereocenters. The summed E-state index contributed by atoms with van der Waals surface area (Å²) in [4.78, 5) is 11.1. The van der Waals surface area contributed by atoms with Crippen LogP contribution in [0, 0.1) is 0 Å². The van der Waals surface area contributed by atoms with Gasteiger partial charge < -0.3 is 10.0 Å². The predicted octanol–water partition coefficient (Wildman–Crippen LogP) is 1.27. The lowest BCUT2D eigenvalue weighted by Crippen LogP contribution is -2.43. The Morgan fingerprint density at radius 2 is 2.40 bits per heavy atom. The van der Waals surface area contributed by atoms with Gasteiger partial charge in [0.15, 0.2) is 0 Å². The summed E-state index contributed by atoms with van der Waals surface area (Å²) in [7, 11) is 0. The number of amidine groups is 1. The molecule has 2 heterocycles. The molecule has 3 rings (SSSR count). The van der Waals surface area contributed by atoms with Crippen LogP contribution in [0.5, 0.6) is 0 Å². The van der Waals surface area contributed by atoms with Crippen LogP contribution in [0.4, 0.5) is 0 Å². The summed E-state index contributed by atoms with van der Waals surface area (Å²) >= 11 is 0. The summed E-state index contributed by atoms with van der Waals surface area (Å²) < 4.78 is 0. The van der Waals surface area contributed by atoms with Gasteiger partial charge in [-0.15, -0.1) is 0 Å². The molecule has 15 heavy (non-hydrogen) atoms. The van der Waals surface area contributed by atoms with Crippen molar-refractivity contribution >= 4 is 12.2 Å². The van der Waals surface area contributed by atoms with E-state index in [2.05, 4.69) is 16.9 Å². The largest absolute Gasteiger partial charge is 0.508 e. The van der Waals surface area contributed by atoms with Gasteiger partial charge in [0, 0.05) is 12.1 Å². The Bertz CT molecular complexity index is 433. The summed E-state index contributed by atoms with van der Waals surface area (Å²) in [6, 6.07) is 0. The third-order valence-electron chi connectivity index (χ3n) is 3.18. The molecular weight excluding hydrogens is 190 g/mol. The molecule has 4 nitrogen and oxygen atoms in total. The maximum absolute atomic E-state index is 9.54. The normalized spacial score (nSPS) is 32.9. The van der Waals surface area contributed by atoms with Crippen molar-refractivity contribution in [3.63, 3.8) is 0 Å². The zero-order chi connectivity index (χ0) is 10.5. The molecule has 0 aromatic heterocycles. The molecule has 0 radical (unpaired) electrons. The Hall–Kier alpha value is -1.58. The van der Waals surface area contributed by atoms with Gasteiger partial charge >= 0.3 is 0 Å². The van der Waals surface area contributed by atoms with Crippen molar-refractivity contribution in [2.45, 2.75) is 18.9 Å². The minimum Gasteiger partial charge on any atom is -0.508 e. The molecule has 0 saturated carbocycles. The van der Waals surface area contributed by atoms with Gasteiger partial charge in [-0.2, -0.15) is 0 Å². The second-order valence-corrected chi connectivity index (χ2v) is 4.31. The van der Waals surface area contributed by atoms with Crippen LogP contribution in [0.25, 0.3) is 0 Å². The van der Waals surface area contributed by atoms with E-state index >= 15 is 0 Å². The second kappa shape index (κ2) is 2.72. The summed E-state index contributed by atoms with van der Waals surface area (Å²) in [6.45, 7) is 3.80. The fourth-order valence-corrected chi connectivity index (χ4v) is 2.21. The highest BCUT2D eigenvalue weighted by Crippen LogP contribution is 2.35. The van der Waals surface area contributed by atoms with Gasteiger partial charge in [0.25, 0.3) is 0 Å². The van der Waals surface area contributed by atoms with Gasteiger partial charge in [-0.05, 0) is 25.5 Å². The number of aliphatic hydroxyl groups excluding tert-OH is 1. The van der Waals surface area contributed by atoms with Crippen LogP contribution in [0.15, 0.2) is 33.5 Å². The zero-order valence-corrected chi connectivity index (χ0v) is 8.64. The Morgan fingerprint density at radius 1 is 1.53 bits per heavy atom. The molecule has 0 bridgehead atoms. The van der Waals surface area contributed by atoms with Crippen LogP contribution in [0.1, 0.15) is 13.3 Å². The number of aliphatic imine (C=N–C) groups is 2. The first-order chi connectivity index (χ1) is 7.19. The molecular formula is C11H13N3O. The van der Waals surface area contributed by atoms with Crippen molar-refractivity contribution in [1.29, 1.82) is 0 Å². The third-order valence-corrected chi connectivity index (χ3v) is 3.18. The number of fused-ring (bicyclic) bond motifs is 3. The van der Waals surface area contributed by atoms with E-state index in [1.165, 1.54) is 0 Å². The van der Waals surface area contributed by atoms with Crippen LogP contribution >= 0.6 is 0 Å². The van der Waals surface area contributed by atoms with Crippen molar-refractivity contribution in [2.75, 3.05) is 13.1 Å². The van der Waals surface area contributed by atoms with E-state index < -0.39 is 0 Å². The van der Waals surface area contributed by atoms with Crippen LogP contribution in [0.3, 0.4) is 0 Å². The van der Waals surface area contributed by atoms with E-state index in [9.17, 15) is 5.11 Å². The molecule has 0 saturated heterocycles. The van der Waals surface area contributed by atoms with Gasteiger partial charge in [0.05, 0.1) is 18.4 Å². The SMILES string of the molecule is CC12CC=C(O)C=C1C1=NCCN1C=N2. The van der Waals surface area contributed by atoms with E-state index in [0.29, 0.717) is 5.76 Å². The molecule has 4 heteroatoms. The highest BCUT2D eigenvalue weighted by molar-refractivity contribution is 6.09. The highest BCUT2D eigenvalue weighted by atomic mass is 16.3. The average Bonchev–Trinajstić information content (AvgIpc) is 2.68. The molecule has 3 aliphatic rings. The van der Waals surface area contributed by atoms with E-state index in [0.717, 1.165) is 30.9 Å². The van der Waals surface area contributed by atoms with Crippen molar-refractivity contribution in [3.05, 3.63) is 23.5 Å². The lowest BCUT2D eigenvalue weighted by Gasteiger charge is -2.36. The quantitative estimate of drug-likeness (QED) is 0.644. The average molecular weight is 203 g/mol. The van der Waals surface area contributed by atoms with Crippen LogP contribution in [0.2, 0.25) is 0 Å². The van der Waals surface area contributed by atoms with E-state index in [1.807, 2.05) is 17.3 Å². The first-order valence-electron chi connectivity index (χ1n) is 5.17. The number of hydrogen-bond acceptors (Lipinski definition) is 4. The first kappa shape index (κ1) is 8.71. The smallest absolute Gasteiger partial charge is 0.134 e. The number of hydrogen-bond donors (Lipinski definition) is 1. The van der Waals surface area contributed by atoms with Crippen molar-refractivity contribution in [2.24, 2.45) is 9.98 Å². The molecule has 0 aromatic carbocycles. The summed E-state index contributed by atoms with van der Waals surface area (Å²) in [5, 5.41) is 9.54. The fraction of sp³-hybridized carbons (Fsp3) is 0.455.